The average molecular weight is 510 g/mol. The summed E-state index contributed by atoms with van der Waals surface area (Å²) in [5, 5.41) is 11.4. The lowest BCUT2D eigenvalue weighted by atomic mass is 10.1. The van der Waals surface area contributed by atoms with Crippen LogP contribution in [0.2, 0.25) is 0 Å². The molecule has 184 valence electrons. The fraction of sp³-hybridized carbons (Fsp3) is 0.0833. The van der Waals surface area contributed by atoms with Gasteiger partial charge in [0.15, 0.2) is 0 Å². The van der Waals surface area contributed by atoms with Gasteiger partial charge in [0.1, 0.15) is 22.7 Å². The molecule has 0 fully saturated rings. The topological polar surface area (TPSA) is 146 Å². The van der Waals surface area contributed by atoms with E-state index < -0.39 is 37.6 Å². The zero-order chi connectivity index (χ0) is 26.0. The van der Waals surface area contributed by atoms with Crippen molar-refractivity contribution in [2.75, 3.05) is 11.4 Å². The molecule has 12 heteroatoms. The maximum atomic E-state index is 13.6. The zero-order valence-corrected chi connectivity index (χ0v) is 19.7. The van der Waals surface area contributed by atoms with Crippen molar-refractivity contribution in [2.45, 2.75) is 11.8 Å². The number of methoxy groups -OCH3 is 1. The molecule has 1 amide bonds. The molecule has 1 heterocycles. The predicted octanol–water partition coefficient (Wildman–Crippen LogP) is 4.83. The van der Waals surface area contributed by atoms with Crippen molar-refractivity contribution < 1.29 is 36.8 Å². The number of ether oxygens (including phenoxy) is 2. The molecule has 0 aliphatic heterocycles. The average Bonchev–Trinajstić information content (AvgIpc) is 3.19. The molecular weight excluding hydrogens is 492 g/mol. The predicted molar refractivity (Wildman–Crippen MR) is 128 cm³/mol. The Morgan fingerprint density at radius 2 is 1.72 bits per heavy atom. The molecule has 3 aromatic carbocycles. The zero-order valence-electron chi connectivity index (χ0n) is 18.9. The fourth-order valence-electron chi connectivity index (χ4n) is 3.53. The van der Waals surface area contributed by atoms with Gasteiger partial charge in [-0.15, -0.1) is 0 Å². The van der Waals surface area contributed by atoms with E-state index in [9.17, 15) is 28.1 Å². The first-order valence-corrected chi connectivity index (χ1v) is 11.8. The third kappa shape index (κ3) is 4.49. The highest BCUT2D eigenvalue weighted by Crippen LogP contribution is 2.33. The standard InChI is InChI=1S/C24H18N2O9S/c1-15-22(23(27)33-2)20-14-16(11-12-21(20)34-15)25(24(28)35-18-8-4-3-5-9-18)36(31,32)19-10-6-7-17(13-19)26(29)30/h3-14H,1-2H3. The number of benzene rings is 3. The lowest BCUT2D eigenvalue weighted by molar-refractivity contribution is -0.385. The second kappa shape index (κ2) is 9.50. The highest BCUT2D eigenvalue weighted by molar-refractivity contribution is 7.93. The summed E-state index contributed by atoms with van der Waals surface area (Å²) < 4.78 is 43.3. The van der Waals surface area contributed by atoms with Crippen LogP contribution >= 0.6 is 0 Å². The number of carbonyl (C=O) groups excluding carboxylic acids is 2. The molecule has 0 unspecified atom stereocenters. The number of hydrogen-bond acceptors (Lipinski definition) is 9. The Kier molecular flexibility index (Phi) is 6.45. The quantitative estimate of drug-likeness (QED) is 0.202. The van der Waals surface area contributed by atoms with Crippen molar-refractivity contribution in [1.82, 2.24) is 0 Å². The van der Waals surface area contributed by atoms with Crippen molar-refractivity contribution in [1.29, 1.82) is 0 Å². The summed E-state index contributed by atoms with van der Waals surface area (Å²) in [5.74, 6) is -0.422. The van der Waals surface area contributed by atoms with E-state index in [1.54, 1.807) is 18.2 Å². The van der Waals surface area contributed by atoms with Crippen LogP contribution in [0.15, 0.2) is 82.1 Å². The van der Waals surface area contributed by atoms with Gasteiger partial charge in [-0.1, -0.05) is 24.3 Å². The van der Waals surface area contributed by atoms with E-state index in [4.69, 9.17) is 13.9 Å². The van der Waals surface area contributed by atoms with Gasteiger partial charge in [-0.2, -0.15) is 4.31 Å². The number of nitro groups is 1. The number of furan rings is 1. The molecule has 0 aliphatic rings. The lowest BCUT2D eigenvalue weighted by Crippen LogP contribution is -2.39. The molecule has 1 aromatic heterocycles. The number of amides is 1. The van der Waals surface area contributed by atoms with Gasteiger partial charge in [0.25, 0.3) is 15.7 Å². The summed E-state index contributed by atoms with van der Waals surface area (Å²) in [7, 11) is -3.54. The Bertz CT molecular complexity index is 1590. The molecule has 0 saturated carbocycles. The second-order valence-corrected chi connectivity index (χ2v) is 9.20. The van der Waals surface area contributed by atoms with Crippen molar-refractivity contribution in [2.24, 2.45) is 0 Å². The largest absolute Gasteiger partial charge is 0.465 e. The summed E-state index contributed by atoms with van der Waals surface area (Å²) in [6.07, 6.45) is -1.30. The molecule has 0 aliphatic carbocycles. The smallest absolute Gasteiger partial charge is 0.434 e. The van der Waals surface area contributed by atoms with Crippen LogP contribution < -0.4 is 9.04 Å². The van der Waals surface area contributed by atoms with E-state index in [1.165, 1.54) is 50.4 Å². The van der Waals surface area contributed by atoms with E-state index in [2.05, 4.69) is 0 Å². The molecule has 36 heavy (non-hydrogen) atoms. The number of para-hydroxylation sites is 1. The van der Waals surface area contributed by atoms with Gasteiger partial charge >= 0.3 is 12.1 Å². The van der Waals surface area contributed by atoms with Gasteiger partial charge in [0, 0.05) is 17.5 Å². The SMILES string of the molecule is COC(=O)c1c(C)oc2ccc(N(C(=O)Oc3ccccc3)S(=O)(=O)c3cccc([N+](=O)[O-])c3)cc12. The van der Waals surface area contributed by atoms with Crippen LogP contribution in [0.4, 0.5) is 16.2 Å². The summed E-state index contributed by atoms with van der Waals surface area (Å²) >= 11 is 0. The number of nitro benzene ring substituents is 1. The monoisotopic (exact) mass is 510 g/mol. The minimum atomic E-state index is -4.72. The summed E-state index contributed by atoms with van der Waals surface area (Å²) in [5.41, 5.74) is -0.374. The van der Waals surface area contributed by atoms with Gasteiger partial charge in [-0.25, -0.2) is 18.0 Å². The van der Waals surface area contributed by atoms with E-state index in [0.717, 1.165) is 18.2 Å². The molecule has 4 rings (SSSR count). The molecule has 0 N–H and O–H groups in total. The highest BCUT2D eigenvalue weighted by Gasteiger charge is 2.34. The number of non-ortho nitro benzene ring substituents is 1. The van der Waals surface area contributed by atoms with Crippen LogP contribution in [-0.4, -0.2) is 32.5 Å². The van der Waals surface area contributed by atoms with Crippen LogP contribution in [-0.2, 0) is 14.8 Å². The molecule has 0 radical (unpaired) electrons. The van der Waals surface area contributed by atoms with Crippen molar-refractivity contribution in [3.8, 4) is 5.75 Å². The maximum Gasteiger partial charge on any atom is 0.434 e. The Hall–Kier alpha value is -4.71. The number of aryl methyl sites for hydroxylation is 1. The Labute approximate surface area is 204 Å². The Morgan fingerprint density at radius 1 is 1.00 bits per heavy atom. The molecule has 4 aromatic rings. The van der Waals surface area contributed by atoms with E-state index in [0.29, 0.717) is 4.31 Å². The number of hydrogen-bond donors (Lipinski definition) is 0. The van der Waals surface area contributed by atoms with Crippen LogP contribution in [0.25, 0.3) is 11.0 Å². The summed E-state index contributed by atoms with van der Waals surface area (Å²) in [6.45, 7) is 1.53. The third-order valence-electron chi connectivity index (χ3n) is 5.15. The second-order valence-electron chi connectivity index (χ2n) is 7.41. The number of carbonyl (C=O) groups is 2. The van der Waals surface area contributed by atoms with Crippen LogP contribution in [0.3, 0.4) is 0 Å². The molecular formula is C24H18N2O9S. The first-order valence-electron chi connectivity index (χ1n) is 10.3. The van der Waals surface area contributed by atoms with Crippen LogP contribution in [0, 0.1) is 17.0 Å². The Morgan fingerprint density at radius 3 is 2.39 bits per heavy atom. The van der Waals surface area contributed by atoms with Crippen molar-refractivity contribution >= 4 is 44.4 Å². The molecule has 0 bridgehead atoms. The van der Waals surface area contributed by atoms with Crippen molar-refractivity contribution in [3.05, 3.63) is 94.2 Å². The van der Waals surface area contributed by atoms with Crippen LogP contribution in [0.1, 0.15) is 16.1 Å². The first kappa shape index (κ1) is 24.4. The van der Waals surface area contributed by atoms with E-state index in [-0.39, 0.29) is 33.7 Å². The minimum Gasteiger partial charge on any atom is -0.465 e. The Balaban J connectivity index is 1.90. The van der Waals surface area contributed by atoms with Gasteiger partial charge in [0.05, 0.1) is 22.6 Å². The minimum absolute atomic E-state index is 0.0541. The van der Waals surface area contributed by atoms with Crippen LogP contribution in [0.5, 0.6) is 5.75 Å². The molecule has 11 nitrogen and oxygen atoms in total. The summed E-state index contributed by atoms with van der Waals surface area (Å²) in [4.78, 5) is 35.5. The fourth-order valence-corrected chi connectivity index (χ4v) is 4.88. The van der Waals surface area contributed by atoms with Gasteiger partial charge < -0.3 is 13.9 Å². The first-order chi connectivity index (χ1) is 17.1. The summed E-state index contributed by atoms with van der Waals surface area (Å²) in [6, 6.07) is 15.9. The van der Waals surface area contributed by atoms with E-state index >= 15 is 0 Å². The van der Waals surface area contributed by atoms with Gasteiger partial charge in [-0.05, 0) is 43.3 Å². The number of anilines is 1. The molecule has 0 saturated heterocycles. The van der Waals surface area contributed by atoms with Crippen molar-refractivity contribution in [3.63, 3.8) is 0 Å². The van der Waals surface area contributed by atoms with Gasteiger partial charge in [0.2, 0.25) is 0 Å². The molecule has 0 spiro atoms. The number of nitrogens with zero attached hydrogens (tertiary/aromatic N) is 2. The third-order valence-corrected chi connectivity index (χ3v) is 6.84. The highest BCUT2D eigenvalue weighted by atomic mass is 32.2. The number of rotatable bonds is 6. The van der Waals surface area contributed by atoms with Gasteiger partial charge in [-0.3, -0.25) is 10.1 Å². The lowest BCUT2D eigenvalue weighted by Gasteiger charge is -2.22. The normalized spacial score (nSPS) is 11.2. The number of esters is 1. The van der Waals surface area contributed by atoms with E-state index in [1.807, 2.05) is 0 Å². The number of sulfonamides is 1. The molecule has 0 atom stereocenters. The maximum absolute atomic E-state index is 13.6. The number of fused-ring (bicyclic) bond motifs is 1.